The van der Waals surface area contributed by atoms with E-state index in [1.807, 2.05) is 13.8 Å². The number of hydrogen-bond donors (Lipinski definition) is 1. The standard InChI is InChI=1S/C19H13F6N3O.C2H6/c1-19(24,25)16-8-15(28(2)27-16)17-13(22)6-10(7-14(17)23)26-18(29)11-4-3-9(20)5-12(11)21;1-2/h3-8H,1-2H3,(H,26,29);1-2H3. The highest BCUT2D eigenvalue weighted by atomic mass is 19.3. The van der Waals surface area contributed by atoms with Gasteiger partial charge in [0.05, 0.1) is 16.8 Å². The van der Waals surface area contributed by atoms with E-state index in [-0.39, 0.29) is 11.4 Å². The number of carbonyl (C=O) groups excluding carboxylic acids is 1. The molecule has 0 fully saturated rings. The maximum absolute atomic E-state index is 14.5. The second kappa shape index (κ2) is 9.23. The normalized spacial score (nSPS) is 11.0. The average molecular weight is 443 g/mol. The average Bonchev–Trinajstić information content (AvgIpc) is 3.04. The molecule has 31 heavy (non-hydrogen) atoms. The second-order valence-corrected chi connectivity index (χ2v) is 6.32. The Morgan fingerprint density at radius 3 is 2.03 bits per heavy atom. The van der Waals surface area contributed by atoms with E-state index >= 15 is 0 Å². The van der Waals surface area contributed by atoms with E-state index in [0.717, 1.165) is 35.0 Å². The smallest absolute Gasteiger partial charge is 0.288 e. The van der Waals surface area contributed by atoms with Gasteiger partial charge >= 0.3 is 0 Å². The van der Waals surface area contributed by atoms with E-state index in [1.54, 1.807) is 0 Å². The number of carbonyl (C=O) groups is 1. The molecule has 0 spiro atoms. The number of aromatic nitrogens is 2. The first-order valence-corrected chi connectivity index (χ1v) is 9.15. The minimum atomic E-state index is -3.31. The lowest BCUT2D eigenvalue weighted by Gasteiger charge is -2.10. The van der Waals surface area contributed by atoms with Crippen molar-refractivity contribution in [1.82, 2.24) is 9.78 Å². The summed E-state index contributed by atoms with van der Waals surface area (Å²) in [6.45, 7) is 4.60. The quantitative estimate of drug-likeness (QED) is 0.501. The number of nitrogens with one attached hydrogen (secondary N) is 1. The summed E-state index contributed by atoms with van der Waals surface area (Å²) in [5, 5.41) is 5.66. The van der Waals surface area contributed by atoms with Gasteiger partial charge in [-0.3, -0.25) is 9.48 Å². The molecule has 1 heterocycles. The van der Waals surface area contributed by atoms with Gasteiger partial charge in [0.15, 0.2) is 0 Å². The number of alkyl halides is 2. The zero-order chi connectivity index (χ0) is 23.5. The molecule has 0 saturated heterocycles. The molecule has 10 heteroatoms. The lowest BCUT2D eigenvalue weighted by molar-refractivity contribution is 0.0122. The lowest BCUT2D eigenvalue weighted by atomic mass is 10.1. The molecule has 3 rings (SSSR count). The van der Waals surface area contributed by atoms with E-state index < -0.39 is 51.9 Å². The third-order valence-electron chi connectivity index (χ3n) is 4.06. The van der Waals surface area contributed by atoms with Crippen LogP contribution in [-0.4, -0.2) is 15.7 Å². The highest BCUT2D eigenvalue weighted by molar-refractivity contribution is 6.04. The van der Waals surface area contributed by atoms with E-state index in [2.05, 4.69) is 10.4 Å². The number of anilines is 1. The Morgan fingerprint density at radius 1 is 0.968 bits per heavy atom. The SMILES string of the molecule is CC.Cn1nc(C(C)(F)F)cc1-c1c(F)cc(NC(=O)c2ccc(F)cc2F)cc1F. The Morgan fingerprint density at radius 2 is 1.55 bits per heavy atom. The maximum atomic E-state index is 14.5. The number of hydrogen-bond acceptors (Lipinski definition) is 2. The fourth-order valence-electron chi connectivity index (χ4n) is 2.68. The van der Waals surface area contributed by atoms with Gasteiger partial charge in [-0.05, 0) is 30.3 Å². The Bertz CT molecular complexity index is 1080. The topological polar surface area (TPSA) is 46.9 Å². The van der Waals surface area contributed by atoms with Gasteiger partial charge < -0.3 is 5.32 Å². The molecule has 0 radical (unpaired) electrons. The molecule has 0 unspecified atom stereocenters. The fraction of sp³-hybridized carbons (Fsp3) is 0.238. The molecule has 1 N–H and O–H groups in total. The summed E-state index contributed by atoms with van der Waals surface area (Å²) in [5.74, 6) is -8.72. The first kappa shape index (κ1) is 24.0. The van der Waals surface area contributed by atoms with Crippen LogP contribution >= 0.6 is 0 Å². The number of nitrogens with zero attached hydrogens (tertiary/aromatic N) is 2. The highest BCUT2D eigenvalue weighted by Crippen LogP contribution is 2.33. The molecule has 0 aliphatic rings. The molecule has 0 saturated carbocycles. The Balaban J connectivity index is 0.00000166. The molecular weight excluding hydrogens is 424 g/mol. The van der Waals surface area contributed by atoms with Gasteiger partial charge in [0, 0.05) is 25.7 Å². The lowest BCUT2D eigenvalue weighted by Crippen LogP contribution is -2.14. The van der Waals surface area contributed by atoms with Gasteiger partial charge in [0.25, 0.3) is 11.8 Å². The molecule has 0 atom stereocenters. The van der Waals surface area contributed by atoms with Crippen LogP contribution in [0.1, 0.15) is 36.8 Å². The van der Waals surface area contributed by atoms with Crippen LogP contribution in [0.3, 0.4) is 0 Å². The monoisotopic (exact) mass is 443 g/mol. The summed E-state index contributed by atoms with van der Waals surface area (Å²) < 4.78 is 83.4. The molecular formula is C21H19F6N3O. The highest BCUT2D eigenvalue weighted by Gasteiger charge is 2.30. The summed E-state index contributed by atoms with van der Waals surface area (Å²) in [5.41, 5.74) is -2.41. The summed E-state index contributed by atoms with van der Waals surface area (Å²) in [6.07, 6.45) is 0. The molecule has 1 amide bonds. The summed E-state index contributed by atoms with van der Waals surface area (Å²) in [7, 11) is 1.25. The molecule has 2 aromatic carbocycles. The van der Waals surface area contributed by atoms with Crippen molar-refractivity contribution >= 4 is 11.6 Å². The largest absolute Gasteiger partial charge is 0.322 e. The van der Waals surface area contributed by atoms with Gasteiger partial charge in [0.1, 0.15) is 29.0 Å². The van der Waals surface area contributed by atoms with Crippen molar-refractivity contribution in [3.05, 3.63) is 70.9 Å². The molecule has 0 aliphatic heterocycles. The number of halogens is 6. The van der Waals surface area contributed by atoms with Crippen LogP contribution in [-0.2, 0) is 13.0 Å². The molecule has 0 bridgehead atoms. The van der Waals surface area contributed by atoms with Crippen molar-refractivity contribution in [3.63, 3.8) is 0 Å². The van der Waals surface area contributed by atoms with Crippen LogP contribution in [0, 0.1) is 23.3 Å². The summed E-state index contributed by atoms with van der Waals surface area (Å²) >= 11 is 0. The van der Waals surface area contributed by atoms with Crippen molar-refractivity contribution in [2.45, 2.75) is 26.7 Å². The molecule has 0 aliphatic carbocycles. The van der Waals surface area contributed by atoms with Gasteiger partial charge in [-0.1, -0.05) is 13.8 Å². The molecule has 1 aromatic heterocycles. The van der Waals surface area contributed by atoms with Crippen molar-refractivity contribution in [1.29, 1.82) is 0 Å². The molecule has 4 nitrogen and oxygen atoms in total. The zero-order valence-electron chi connectivity index (χ0n) is 17.0. The Hall–Kier alpha value is -3.30. The Kier molecular flexibility index (Phi) is 7.14. The minimum Gasteiger partial charge on any atom is -0.322 e. The first-order valence-electron chi connectivity index (χ1n) is 9.15. The van der Waals surface area contributed by atoms with Crippen LogP contribution in [0.5, 0.6) is 0 Å². The fourth-order valence-corrected chi connectivity index (χ4v) is 2.68. The number of amides is 1. The van der Waals surface area contributed by atoms with E-state index in [0.29, 0.717) is 13.0 Å². The van der Waals surface area contributed by atoms with Crippen LogP contribution in [0.4, 0.5) is 32.0 Å². The van der Waals surface area contributed by atoms with Gasteiger partial charge in [-0.2, -0.15) is 13.9 Å². The third-order valence-corrected chi connectivity index (χ3v) is 4.06. The summed E-state index contributed by atoms with van der Waals surface area (Å²) in [4.78, 5) is 12.1. The second-order valence-electron chi connectivity index (χ2n) is 6.32. The number of benzene rings is 2. The van der Waals surface area contributed by atoms with Crippen molar-refractivity contribution in [2.75, 3.05) is 5.32 Å². The molecule has 3 aromatic rings. The zero-order valence-corrected chi connectivity index (χ0v) is 17.0. The van der Waals surface area contributed by atoms with Gasteiger partial charge in [0.2, 0.25) is 0 Å². The van der Waals surface area contributed by atoms with Crippen LogP contribution in [0.25, 0.3) is 11.3 Å². The van der Waals surface area contributed by atoms with Crippen LogP contribution in [0.2, 0.25) is 0 Å². The maximum Gasteiger partial charge on any atom is 0.288 e. The van der Waals surface area contributed by atoms with Crippen molar-refractivity contribution in [3.8, 4) is 11.3 Å². The number of aryl methyl sites for hydroxylation is 1. The van der Waals surface area contributed by atoms with Gasteiger partial charge in [-0.25, -0.2) is 17.6 Å². The Labute approximate surface area is 174 Å². The third kappa shape index (κ3) is 5.25. The minimum absolute atomic E-state index is 0.237. The van der Waals surface area contributed by atoms with Gasteiger partial charge in [-0.15, -0.1) is 0 Å². The summed E-state index contributed by atoms with van der Waals surface area (Å²) in [6, 6.07) is 4.56. The predicted molar refractivity (Wildman–Crippen MR) is 104 cm³/mol. The predicted octanol–water partition coefficient (Wildman–Crippen LogP) is 6.03. The van der Waals surface area contributed by atoms with E-state index in [9.17, 15) is 31.1 Å². The number of rotatable bonds is 4. The van der Waals surface area contributed by atoms with Crippen LogP contribution < -0.4 is 5.32 Å². The first-order chi connectivity index (χ1) is 14.5. The van der Waals surface area contributed by atoms with Crippen LogP contribution in [0.15, 0.2) is 36.4 Å². The van der Waals surface area contributed by atoms with E-state index in [1.165, 1.54) is 7.05 Å². The van der Waals surface area contributed by atoms with Crippen molar-refractivity contribution in [2.24, 2.45) is 7.05 Å². The van der Waals surface area contributed by atoms with Crippen molar-refractivity contribution < 1.29 is 31.1 Å². The molecule has 166 valence electrons. The van der Waals surface area contributed by atoms with E-state index in [4.69, 9.17) is 0 Å².